The summed E-state index contributed by atoms with van der Waals surface area (Å²) < 4.78 is 6.37. The number of hydrogen-bond donors (Lipinski definition) is 1. The van der Waals surface area contributed by atoms with E-state index in [0.717, 1.165) is 10.2 Å². The largest absolute Gasteiger partial charge is 0.493 e. The molecule has 4 heteroatoms. The number of amides is 1. The number of ether oxygens (including phenoxy) is 1. The zero-order valence-corrected chi connectivity index (χ0v) is 12.1. The van der Waals surface area contributed by atoms with Crippen molar-refractivity contribution in [2.75, 3.05) is 11.9 Å². The van der Waals surface area contributed by atoms with E-state index in [1.54, 1.807) is 12.1 Å². The number of nitrogens with one attached hydrogen (secondary N) is 1. The van der Waals surface area contributed by atoms with Crippen molar-refractivity contribution in [3.8, 4) is 5.75 Å². The van der Waals surface area contributed by atoms with E-state index >= 15 is 0 Å². The molecule has 0 bridgehead atoms. The lowest BCUT2D eigenvalue weighted by atomic mass is 10.2. The van der Waals surface area contributed by atoms with Crippen LogP contribution in [0.1, 0.15) is 17.3 Å². The van der Waals surface area contributed by atoms with Crippen molar-refractivity contribution in [2.45, 2.75) is 6.92 Å². The molecule has 3 nitrogen and oxygen atoms in total. The van der Waals surface area contributed by atoms with Gasteiger partial charge in [-0.05, 0) is 37.3 Å². The fraction of sp³-hybridized carbons (Fsp3) is 0.133. The van der Waals surface area contributed by atoms with Crippen LogP contribution in [0.4, 0.5) is 5.69 Å². The quantitative estimate of drug-likeness (QED) is 0.921. The summed E-state index contributed by atoms with van der Waals surface area (Å²) in [6.45, 7) is 2.40. The number of hydrogen-bond acceptors (Lipinski definition) is 2. The lowest BCUT2D eigenvalue weighted by Gasteiger charge is -2.11. The van der Waals surface area contributed by atoms with E-state index in [9.17, 15) is 4.79 Å². The highest BCUT2D eigenvalue weighted by Gasteiger charge is 2.13. The smallest absolute Gasteiger partial charge is 0.259 e. The maximum atomic E-state index is 12.2. The Morgan fingerprint density at radius 1 is 1.21 bits per heavy atom. The molecule has 0 aliphatic heterocycles. The van der Waals surface area contributed by atoms with Crippen molar-refractivity contribution in [1.29, 1.82) is 0 Å². The van der Waals surface area contributed by atoms with Gasteiger partial charge in [0.1, 0.15) is 5.75 Å². The highest BCUT2D eigenvalue weighted by atomic mass is 79.9. The monoisotopic (exact) mass is 319 g/mol. The van der Waals surface area contributed by atoms with Gasteiger partial charge < -0.3 is 10.1 Å². The molecule has 1 N–H and O–H groups in total. The molecule has 1 amide bonds. The zero-order chi connectivity index (χ0) is 13.7. The SMILES string of the molecule is CCOc1cc(Br)ccc1C(=O)Nc1ccccc1. The van der Waals surface area contributed by atoms with E-state index in [4.69, 9.17) is 4.74 Å². The number of rotatable bonds is 4. The van der Waals surface area contributed by atoms with Crippen molar-refractivity contribution in [3.63, 3.8) is 0 Å². The lowest BCUT2D eigenvalue weighted by Crippen LogP contribution is -2.13. The number of para-hydroxylation sites is 1. The third-order valence-electron chi connectivity index (χ3n) is 2.52. The molecule has 2 aromatic carbocycles. The Balaban J connectivity index is 2.23. The van der Waals surface area contributed by atoms with Gasteiger partial charge in [-0.15, -0.1) is 0 Å². The van der Waals surface area contributed by atoms with Gasteiger partial charge >= 0.3 is 0 Å². The van der Waals surface area contributed by atoms with Gasteiger partial charge in [0, 0.05) is 10.2 Å². The summed E-state index contributed by atoms with van der Waals surface area (Å²) in [5, 5.41) is 2.84. The van der Waals surface area contributed by atoms with Gasteiger partial charge in [-0.25, -0.2) is 0 Å². The Bertz CT molecular complexity index is 570. The van der Waals surface area contributed by atoms with Crippen LogP contribution in [0, 0.1) is 0 Å². The van der Waals surface area contributed by atoms with Crippen molar-refractivity contribution in [1.82, 2.24) is 0 Å². The van der Waals surface area contributed by atoms with Crippen LogP contribution in [0.15, 0.2) is 53.0 Å². The van der Waals surface area contributed by atoms with Gasteiger partial charge in [-0.3, -0.25) is 4.79 Å². The Hall–Kier alpha value is -1.81. The summed E-state index contributed by atoms with van der Waals surface area (Å²) in [5.41, 5.74) is 1.28. The Morgan fingerprint density at radius 2 is 1.95 bits per heavy atom. The Kier molecular flexibility index (Phi) is 4.58. The molecule has 0 saturated heterocycles. The van der Waals surface area contributed by atoms with Gasteiger partial charge in [0.2, 0.25) is 0 Å². The first-order chi connectivity index (χ1) is 9.20. The molecule has 0 atom stereocenters. The first kappa shape index (κ1) is 13.6. The van der Waals surface area contributed by atoms with E-state index in [2.05, 4.69) is 21.2 Å². The molecular formula is C15H14BrNO2. The number of anilines is 1. The van der Waals surface area contributed by atoms with E-state index in [1.165, 1.54) is 0 Å². The van der Waals surface area contributed by atoms with Crippen LogP contribution in [0.25, 0.3) is 0 Å². The molecule has 0 fully saturated rings. The second-order valence-corrected chi connectivity index (χ2v) is 4.81. The number of halogens is 1. The van der Waals surface area contributed by atoms with Crippen LogP contribution in [-0.2, 0) is 0 Å². The third kappa shape index (κ3) is 3.58. The van der Waals surface area contributed by atoms with E-state index in [-0.39, 0.29) is 5.91 Å². The fourth-order valence-electron chi connectivity index (χ4n) is 1.68. The maximum Gasteiger partial charge on any atom is 0.259 e. The average Bonchev–Trinajstić information content (AvgIpc) is 2.40. The third-order valence-corrected chi connectivity index (χ3v) is 3.01. The first-order valence-electron chi connectivity index (χ1n) is 5.99. The highest BCUT2D eigenvalue weighted by Crippen LogP contribution is 2.24. The minimum absolute atomic E-state index is 0.179. The summed E-state index contributed by atoms with van der Waals surface area (Å²) in [6.07, 6.45) is 0. The molecule has 0 saturated carbocycles. The molecule has 0 aromatic heterocycles. The average molecular weight is 320 g/mol. The van der Waals surface area contributed by atoms with Crippen LogP contribution in [0.2, 0.25) is 0 Å². The van der Waals surface area contributed by atoms with Crippen molar-refractivity contribution in [3.05, 3.63) is 58.6 Å². The molecule has 0 spiro atoms. The van der Waals surface area contributed by atoms with Gasteiger partial charge in [0.25, 0.3) is 5.91 Å². The molecule has 19 heavy (non-hydrogen) atoms. The Morgan fingerprint density at radius 3 is 2.63 bits per heavy atom. The summed E-state index contributed by atoms with van der Waals surface area (Å²) in [6, 6.07) is 14.7. The van der Waals surface area contributed by atoms with E-state index in [0.29, 0.717) is 17.9 Å². The molecule has 2 rings (SSSR count). The van der Waals surface area contributed by atoms with E-state index in [1.807, 2.05) is 43.3 Å². The van der Waals surface area contributed by atoms with Gasteiger partial charge in [0.15, 0.2) is 0 Å². The fourth-order valence-corrected chi connectivity index (χ4v) is 2.02. The van der Waals surface area contributed by atoms with Crippen LogP contribution < -0.4 is 10.1 Å². The molecule has 0 radical (unpaired) electrons. The van der Waals surface area contributed by atoms with Crippen LogP contribution >= 0.6 is 15.9 Å². The second kappa shape index (κ2) is 6.38. The number of carbonyl (C=O) groups is 1. The number of benzene rings is 2. The normalized spacial score (nSPS) is 10.0. The van der Waals surface area contributed by atoms with Crippen molar-refractivity contribution < 1.29 is 9.53 Å². The van der Waals surface area contributed by atoms with Crippen LogP contribution in [0.5, 0.6) is 5.75 Å². The summed E-state index contributed by atoms with van der Waals surface area (Å²) >= 11 is 3.37. The number of carbonyl (C=O) groups excluding carboxylic acids is 1. The van der Waals surface area contributed by atoms with Crippen LogP contribution in [0.3, 0.4) is 0 Å². The Labute approximate surface area is 120 Å². The standard InChI is InChI=1S/C15H14BrNO2/c1-2-19-14-10-11(16)8-9-13(14)15(18)17-12-6-4-3-5-7-12/h3-10H,2H2,1H3,(H,17,18). The molecular weight excluding hydrogens is 306 g/mol. The van der Waals surface area contributed by atoms with Gasteiger partial charge in [-0.2, -0.15) is 0 Å². The first-order valence-corrected chi connectivity index (χ1v) is 6.78. The summed E-state index contributed by atoms with van der Waals surface area (Å²) in [5.74, 6) is 0.396. The molecule has 0 heterocycles. The minimum Gasteiger partial charge on any atom is -0.493 e. The molecule has 0 unspecified atom stereocenters. The topological polar surface area (TPSA) is 38.3 Å². The summed E-state index contributed by atoms with van der Waals surface area (Å²) in [7, 11) is 0. The lowest BCUT2D eigenvalue weighted by molar-refractivity contribution is 0.102. The zero-order valence-electron chi connectivity index (χ0n) is 10.5. The maximum absolute atomic E-state index is 12.2. The van der Waals surface area contributed by atoms with Crippen LogP contribution in [-0.4, -0.2) is 12.5 Å². The predicted octanol–water partition coefficient (Wildman–Crippen LogP) is 4.10. The van der Waals surface area contributed by atoms with Gasteiger partial charge in [0.05, 0.1) is 12.2 Å². The predicted molar refractivity (Wildman–Crippen MR) is 79.7 cm³/mol. The minimum atomic E-state index is -0.179. The second-order valence-electron chi connectivity index (χ2n) is 3.89. The van der Waals surface area contributed by atoms with Gasteiger partial charge in [-0.1, -0.05) is 34.1 Å². The van der Waals surface area contributed by atoms with Crippen molar-refractivity contribution in [2.24, 2.45) is 0 Å². The van der Waals surface area contributed by atoms with E-state index < -0.39 is 0 Å². The molecule has 0 aliphatic carbocycles. The molecule has 0 aliphatic rings. The highest BCUT2D eigenvalue weighted by molar-refractivity contribution is 9.10. The van der Waals surface area contributed by atoms with Crippen molar-refractivity contribution >= 4 is 27.5 Å². The molecule has 98 valence electrons. The molecule has 2 aromatic rings. The summed E-state index contributed by atoms with van der Waals surface area (Å²) in [4.78, 5) is 12.2.